The van der Waals surface area contributed by atoms with Crippen molar-refractivity contribution >= 4 is 6.03 Å². The molecular formula is C15H19FN2O2. The van der Waals surface area contributed by atoms with Crippen LogP contribution in [0.25, 0.3) is 0 Å². The molecule has 2 heterocycles. The monoisotopic (exact) mass is 278 g/mol. The zero-order chi connectivity index (χ0) is 13.9. The number of nitrogens with one attached hydrogen (secondary N) is 1. The first kappa shape index (κ1) is 13.4. The Hall–Kier alpha value is -1.62. The lowest BCUT2D eigenvalue weighted by atomic mass is 9.99. The van der Waals surface area contributed by atoms with E-state index in [4.69, 9.17) is 4.74 Å². The summed E-state index contributed by atoms with van der Waals surface area (Å²) in [5.41, 5.74) is 0.896. The van der Waals surface area contributed by atoms with E-state index in [1.807, 2.05) is 0 Å². The molecular weight excluding hydrogens is 259 g/mol. The molecule has 2 atom stereocenters. The molecule has 2 saturated heterocycles. The van der Waals surface area contributed by atoms with Gasteiger partial charge in [0.15, 0.2) is 0 Å². The average molecular weight is 278 g/mol. The second-order valence-electron chi connectivity index (χ2n) is 5.37. The zero-order valence-electron chi connectivity index (χ0n) is 11.3. The number of hydrogen-bond donors (Lipinski definition) is 1. The van der Waals surface area contributed by atoms with Crippen LogP contribution in [0, 0.1) is 5.82 Å². The van der Waals surface area contributed by atoms with Crippen molar-refractivity contribution in [3.05, 3.63) is 35.6 Å². The van der Waals surface area contributed by atoms with E-state index in [-0.39, 0.29) is 24.0 Å². The average Bonchev–Trinajstić information content (AvgIpc) is 2.88. The van der Waals surface area contributed by atoms with Gasteiger partial charge in [0.2, 0.25) is 0 Å². The smallest absolute Gasteiger partial charge is 0.317 e. The predicted octanol–water partition coefficient (Wildman–Crippen LogP) is 2.46. The Kier molecular flexibility index (Phi) is 3.87. The van der Waals surface area contributed by atoms with Gasteiger partial charge in [-0.2, -0.15) is 0 Å². The lowest BCUT2D eigenvalue weighted by molar-refractivity contribution is 0.0757. The molecule has 4 nitrogen and oxygen atoms in total. The molecule has 0 radical (unpaired) electrons. The first-order valence-electron chi connectivity index (χ1n) is 7.16. The highest BCUT2D eigenvalue weighted by molar-refractivity contribution is 5.75. The quantitative estimate of drug-likeness (QED) is 0.922. The molecule has 5 heteroatoms. The number of hydrogen-bond acceptors (Lipinski definition) is 2. The summed E-state index contributed by atoms with van der Waals surface area (Å²) in [6.45, 7) is 2.35. The van der Waals surface area contributed by atoms with E-state index in [2.05, 4.69) is 5.32 Å². The molecule has 2 aliphatic rings. The maximum Gasteiger partial charge on any atom is 0.317 e. The van der Waals surface area contributed by atoms with Crippen LogP contribution < -0.4 is 5.32 Å². The summed E-state index contributed by atoms with van der Waals surface area (Å²) >= 11 is 0. The van der Waals surface area contributed by atoms with Gasteiger partial charge >= 0.3 is 6.03 Å². The molecule has 0 aliphatic carbocycles. The van der Waals surface area contributed by atoms with Crippen molar-refractivity contribution in [2.75, 3.05) is 19.7 Å². The van der Waals surface area contributed by atoms with E-state index < -0.39 is 0 Å². The molecule has 0 bridgehead atoms. The molecule has 0 saturated carbocycles. The summed E-state index contributed by atoms with van der Waals surface area (Å²) in [6.07, 6.45) is 2.96. The Labute approximate surface area is 117 Å². The van der Waals surface area contributed by atoms with Gasteiger partial charge in [-0.15, -0.1) is 0 Å². The van der Waals surface area contributed by atoms with Gasteiger partial charge in [0.05, 0.1) is 12.1 Å². The van der Waals surface area contributed by atoms with Crippen molar-refractivity contribution in [3.8, 4) is 0 Å². The minimum absolute atomic E-state index is 0.0225. The number of benzene rings is 1. The number of rotatable bonds is 3. The second kappa shape index (κ2) is 5.79. The fraction of sp³-hybridized carbons (Fsp3) is 0.533. The molecule has 3 rings (SSSR count). The first-order valence-corrected chi connectivity index (χ1v) is 7.16. The van der Waals surface area contributed by atoms with E-state index in [1.165, 1.54) is 12.1 Å². The van der Waals surface area contributed by atoms with Crippen LogP contribution >= 0.6 is 0 Å². The van der Waals surface area contributed by atoms with Crippen LogP contribution in [0.1, 0.15) is 30.9 Å². The van der Waals surface area contributed by atoms with Crippen molar-refractivity contribution in [2.45, 2.75) is 31.4 Å². The van der Waals surface area contributed by atoms with Gasteiger partial charge in [-0.25, -0.2) is 9.18 Å². The number of carbonyl (C=O) groups is 1. The summed E-state index contributed by atoms with van der Waals surface area (Å²) in [5, 5.41) is 3.04. The fourth-order valence-electron chi connectivity index (χ4n) is 2.67. The topological polar surface area (TPSA) is 41.6 Å². The van der Waals surface area contributed by atoms with Crippen LogP contribution in [-0.4, -0.2) is 36.7 Å². The normalized spacial score (nSPS) is 23.2. The molecule has 108 valence electrons. The van der Waals surface area contributed by atoms with Crippen LogP contribution in [0.2, 0.25) is 0 Å². The summed E-state index contributed by atoms with van der Waals surface area (Å²) in [7, 11) is 0. The predicted molar refractivity (Wildman–Crippen MR) is 72.8 cm³/mol. The molecule has 1 N–H and O–H groups in total. The number of nitrogens with zero attached hydrogens (tertiary/aromatic N) is 1. The summed E-state index contributed by atoms with van der Waals surface area (Å²) in [5.74, 6) is -0.270. The van der Waals surface area contributed by atoms with Gasteiger partial charge in [-0.05, 0) is 37.0 Å². The van der Waals surface area contributed by atoms with Crippen molar-refractivity contribution in [2.24, 2.45) is 0 Å². The Morgan fingerprint density at radius 1 is 1.30 bits per heavy atom. The van der Waals surface area contributed by atoms with E-state index in [9.17, 15) is 9.18 Å². The van der Waals surface area contributed by atoms with Crippen molar-refractivity contribution in [1.29, 1.82) is 0 Å². The third-order valence-electron chi connectivity index (χ3n) is 3.99. The van der Waals surface area contributed by atoms with E-state index in [0.717, 1.165) is 44.5 Å². The van der Waals surface area contributed by atoms with Crippen molar-refractivity contribution in [3.63, 3.8) is 0 Å². The molecule has 2 fully saturated rings. The minimum atomic E-state index is -0.270. The Morgan fingerprint density at radius 2 is 2.05 bits per heavy atom. The van der Waals surface area contributed by atoms with Gasteiger partial charge in [0.25, 0.3) is 0 Å². The van der Waals surface area contributed by atoms with Gasteiger partial charge in [0, 0.05) is 19.7 Å². The lowest BCUT2D eigenvalue weighted by Gasteiger charge is -2.34. The number of amides is 2. The highest BCUT2D eigenvalue weighted by atomic mass is 19.1. The largest absolute Gasteiger partial charge is 0.376 e. The van der Waals surface area contributed by atoms with Gasteiger partial charge in [0.1, 0.15) is 5.82 Å². The molecule has 2 amide bonds. The molecule has 1 aromatic carbocycles. The molecule has 0 aromatic heterocycles. The highest BCUT2D eigenvalue weighted by Crippen LogP contribution is 2.27. The van der Waals surface area contributed by atoms with E-state index in [0.29, 0.717) is 0 Å². The number of urea groups is 1. The standard InChI is InChI=1S/C15H19FN2O2/c16-12-6-4-11(5-7-12)14(13-3-1-10-20-13)17-15(19)18-8-2-9-18/h4-7,13-14H,1-3,8-10H2,(H,17,19). The van der Waals surface area contributed by atoms with Gasteiger partial charge in [-0.1, -0.05) is 12.1 Å². The van der Waals surface area contributed by atoms with Crippen LogP contribution in [0.3, 0.4) is 0 Å². The van der Waals surface area contributed by atoms with E-state index in [1.54, 1.807) is 17.0 Å². The molecule has 2 unspecified atom stereocenters. The number of ether oxygens (including phenoxy) is 1. The Morgan fingerprint density at radius 3 is 2.60 bits per heavy atom. The summed E-state index contributed by atoms with van der Waals surface area (Å²) < 4.78 is 18.8. The van der Waals surface area contributed by atoms with Crippen LogP contribution in [0.5, 0.6) is 0 Å². The molecule has 2 aliphatic heterocycles. The fourth-order valence-corrected chi connectivity index (χ4v) is 2.67. The van der Waals surface area contributed by atoms with Crippen molar-refractivity contribution in [1.82, 2.24) is 10.2 Å². The zero-order valence-corrected chi connectivity index (χ0v) is 11.3. The minimum Gasteiger partial charge on any atom is -0.376 e. The number of likely N-dealkylation sites (tertiary alicyclic amines) is 1. The van der Waals surface area contributed by atoms with Crippen LogP contribution in [0.15, 0.2) is 24.3 Å². The lowest BCUT2D eigenvalue weighted by Crippen LogP contribution is -2.50. The van der Waals surface area contributed by atoms with Gasteiger partial charge < -0.3 is 15.0 Å². The first-order chi connectivity index (χ1) is 9.74. The molecule has 0 spiro atoms. The Bertz CT molecular complexity index is 467. The van der Waals surface area contributed by atoms with E-state index >= 15 is 0 Å². The summed E-state index contributed by atoms with van der Waals surface area (Å²) in [4.78, 5) is 13.9. The maximum absolute atomic E-state index is 13.1. The third-order valence-corrected chi connectivity index (χ3v) is 3.99. The summed E-state index contributed by atoms with van der Waals surface area (Å²) in [6, 6.07) is 6.03. The van der Waals surface area contributed by atoms with Crippen LogP contribution in [0.4, 0.5) is 9.18 Å². The van der Waals surface area contributed by atoms with Crippen molar-refractivity contribution < 1.29 is 13.9 Å². The number of carbonyl (C=O) groups excluding carboxylic acids is 1. The Balaban J connectivity index is 1.75. The molecule has 1 aromatic rings. The maximum atomic E-state index is 13.1. The number of halogens is 1. The van der Waals surface area contributed by atoms with Gasteiger partial charge in [-0.3, -0.25) is 0 Å². The molecule has 20 heavy (non-hydrogen) atoms. The second-order valence-corrected chi connectivity index (χ2v) is 5.37. The SMILES string of the molecule is O=C(NC(c1ccc(F)cc1)C1CCCO1)N1CCC1. The third kappa shape index (κ3) is 2.77. The highest BCUT2D eigenvalue weighted by Gasteiger charge is 2.31. The van der Waals surface area contributed by atoms with Crippen LogP contribution in [-0.2, 0) is 4.74 Å².